The highest BCUT2D eigenvalue weighted by Gasteiger charge is 2.24. The number of thioether (sulfide) groups is 1. The van der Waals surface area contributed by atoms with Crippen LogP contribution in [0.25, 0.3) is 10.2 Å². The van der Waals surface area contributed by atoms with Crippen LogP contribution in [0, 0.1) is 5.92 Å². The first-order valence-electron chi connectivity index (χ1n) is 8.21. The molecular weight excluding hydrogens is 340 g/mol. The van der Waals surface area contributed by atoms with Crippen molar-refractivity contribution in [3.8, 4) is 0 Å². The van der Waals surface area contributed by atoms with Crippen LogP contribution in [0.2, 0.25) is 0 Å². The van der Waals surface area contributed by atoms with Crippen molar-refractivity contribution >= 4 is 33.3 Å². The van der Waals surface area contributed by atoms with E-state index in [0.717, 1.165) is 40.5 Å². The molecule has 0 aliphatic heterocycles. The quantitative estimate of drug-likeness (QED) is 0.724. The second-order valence-corrected chi connectivity index (χ2v) is 8.96. The van der Waals surface area contributed by atoms with Gasteiger partial charge in [-0.3, -0.25) is 4.79 Å². The molecule has 1 N–H and O–H groups in total. The van der Waals surface area contributed by atoms with Gasteiger partial charge in [0.25, 0.3) is 5.56 Å². The normalized spacial score (nSPS) is 18.7. The molecule has 0 radical (unpaired) electrons. The number of hydrogen-bond acceptors (Lipinski definition) is 5. The van der Waals surface area contributed by atoms with Gasteiger partial charge in [-0.05, 0) is 37.7 Å². The molecule has 3 aromatic rings. The Balaban J connectivity index is 1.73. The minimum absolute atomic E-state index is 0.00865. The third kappa shape index (κ3) is 2.69. The summed E-state index contributed by atoms with van der Waals surface area (Å²) in [6.07, 6.45) is 6.93. The van der Waals surface area contributed by atoms with E-state index in [4.69, 9.17) is 4.98 Å². The van der Waals surface area contributed by atoms with E-state index in [1.807, 2.05) is 17.8 Å². The molecule has 3 heterocycles. The van der Waals surface area contributed by atoms with Crippen LogP contribution in [-0.2, 0) is 19.9 Å². The second-order valence-electron chi connectivity index (χ2n) is 6.56. The maximum atomic E-state index is 12.7. The number of hydrogen-bond donors (Lipinski definition) is 1. The molecule has 0 saturated heterocycles. The first-order valence-corrected chi connectivity index (χ1v) is 9.91. The summed E-state index contributed by atoms with van der Waals surface area (Å²) in [6, 6.07) is 0. The summed E-state index contributed by atoms with van der Waals surface area (Å²) in [7, 11) is 1.97. The maximum absolute atomic E-state index is 12.7. The Morgan fingerprint density at radius 3 is 3.08 bits per heavy atom. The molecule has 5 nitrogen and oxygen atoms in total. The van der Waals surface area contributed by atoms with Gasteiger partial charge >= 0.3 is 0 Å². The van der Waals surface area contributed by atoms with E-state index >= 15 is 0 Å². The molecule has 7 heteroatoms. The lowest BCUT2D eigenvalue weighted by Gasteiger charge is -2.17. The predicted octanol–water partition coefficient (Wildman–Crippen LogP) is 3.70. The number of imidazole rings is 1. The number of fused-ring (bicyclic) bond motifs is 3. The van der Waals surface area contributed by atoms with E-state index in [1.165, 1.54) is 10.4 Å². The molecular formula is C17H20N4OS2. The summed E-state index contributed by atoms with van der Waals surface area (Å²) in [5, 5.41) is 1.78. The molecule has 0 amide bonds. The van der Waals surface area contributed by atoms with Crippen LogP contribution in [0.3, 0.4) is 0 Å². The van der Waals surface area contributed by atoms with Gasteiger partial charge in [0.05, 0.1) is 10.6 Å². The van der Waals surface area contributed by atoms with Crippen molar-refractivity contribution in [2.75, 3.05) is 0 Å². The molecule has 3 aromatic heterocycles. The van der Waals surface area contributed by atoms with Crippen LogP contribution in [0.15, 0.2) is 22.3 Å². The van der Waals surface area contributed by atoms with Gasteiger partial charge in [-0.1, -0.05) is 18.7 Å². The summed E-state index contributed by atoms with van der Waals surface area (Å²) in [4.78, 5) is 27.0. The summed E-state index contributed by atoms with van der Waals surface area (Å²) in [5.41, 5.74) is 1.24. The van der Waals surface area contributed by atoms with Crippen LogP contribution in [0.5, 0.6) is 0 Å². The Kier molecular flexibility index (Phi) is 4.00. The number of H-pyrrole nitrogens is 1. The third-order valence-electron chi connectivity index (χ3n) is 4.63. The molecule has 0 saturated carbocycles. The van der Waals surface area contributed by atoms with Gasteiger partial charge in [0.15, 0.2) is 5.16 Å². The Morgan fingerprint density at radius 2 is 2.33 bits per heavy atom. The molecule has 0 bridgehead atoms. The number of thiophene rings is 1. The van der Waals surface area contributed by atoms with Crippen LogP contribution >= 0.6 is 23.1 Å². The second kappa shape index (κ2) is 6.04. The topological polar surface area (TPSA) is 63.6 Å². The highest BCUT2D eigenvalue weighted by molar-refractivity contribution is 7.99. The largest absolute Gasteiger partial charge is 0.329 e. The maximum Gasteiger partial charge on any atom is 0.259 e. The number of aromatic nitrogens is 4. The highest BCUT2D eigenvalue weighted by Crippen LogP contribution is 2.37. The summed E-state index contributed by atoms with van der Waals surface area (Å²) < 4.78 is 1.98. The smallest absolute Gasteiger partial charge is 0.259 e. The fraction of sp³-hybridized carbons (Fsp3) is 0.471. The van der Waals surface area contributed by atoms with E-state index in [1.54, 1.807) is 29.3 Å². The van der Waals surface area contributed by atoms with Gasteiger partial charge in [0, 0.05) is 24.3 Å². The van der Waals surface area contributed by atoms with Crippen molar-refractivity contribution in [1.29, 1.82) is 0 Å². The van der Waals surface area contributed by atoms with Gasteiger partial charge in [-0.2, -0.15) is 0 Å². The van der Waals surface area contributed by atoms with E-state index in [-0.39, 0.29) is 10.8 Å². The zero-order chi connectivity index (χ0) is 16.8. The fourth-order valence-corrected chi connectivity index (χ4v) is 5.52. The Bertz CT molecular complexity index is 955. The lowest BCUT2D eigenvalue weighted by Crippen LogP contribution is -2.15. The lowest BCUT2D eigenvalue weighted by molar-refractivity contribution is 0.509. The molecule has 1 aliphatic carbocycles. The first-order chi connectivity index (χ1) is 11.5. The minimum Gasteiger partial charge on any atom is -0.329 e. The van der Waals surface area contributed by atoms with Crippen LogP contribution in [0.1, 0.15) is 41.8 Å². The zero-order valence-corrected chi connectivity index (χ0v) is 15.6. The lowest BCUT2D eigenvalue weighted by atomic mass is 9.89. The van der Waals surface area contributed by atoms with Crippen molar-refractivity contribution in [1.82, 2.24) is 19.5 Å². The number of nitrogens with zero attached hydrogens (tertiary/aromatic N) is 3. The van der Waals surface area contributed by atoms with Gasteiger partial charge in [0.1, 0.15) is 10.7 Å². The van der Waals surface area contributed by atoms with E-state index in [0.29, 0.717) is 5.92 Å². The number of nitrogens with one attached hydrogen (secondary N) is 1. The van der Waals surface area contributed by atoms with Gasteiger partial charge in [0.2, 0.25) is 0 Å². The van der Waals surface area contributed by atoms with Crippen molar-refractivity contribution in [2.45, 2.75) is 43.5 Å². The average Bonchev–Trinajstić information content (AvgIpc) is 3.10. The van der Waals surface area contributed by atoms with Gasteiger partial charge in [-0.25, -0.2) is 9.97 Å². The van der Waals surface area contributed by atoms with Crippen molar-refractivity contribution in [2.24, 2.45) is 13.0 Å². The van der Waals surface area contributed by atoms with Gasteiger partial charge in [-0.15, -0.1) is 11.3 Å². The number of aromatic amines is 1. The van der Waals surface area contributed by atoms with Crippen molar-refractivity contribution in [3.05, 3.63) is 39.0 Å². The van der Waals surface area contributed by atoms with Crippen molar-refractivity contribution in [3.63, 3.8) is 0 Å². The molecule has 126 valence electrons. The molecule has 4 rings (SSSR count). The average molecular weight is 361 g/mol. The summed E-state index contributed by atoms with van der Waals surface area (Å²) >= 11 is 3.31. The molecule has 0 unspecified atom stereocenters. The Morgan fingerprint density at radius 1 is 1.50 bits per heavy atom. The standard InChI is InChI=1S/C17H20N4OS2/c1-9-4-5-11-12(8-9)24-16-13(11)15(22)19-14(20-16)10(2)23-17-18-6-7-21(17)3/h6-7,9-10H,4-5,8H2,1-3H3,(H,19,20,22)/t9-,10+/m0/s1. The predicted molar refractivity (Wildman–Crippen MR) is 98.9 cm³/mol. The SMILES string of the molecule is C[C@H]1CCc2c(sc3nc([C@@H](C)Sc4nccn4C)[nH]c(=O)c23)C1. The van der Waals surface area contributed by atoms with E-state index < -0.39 is 0 Å². The fourth-order valence-electron chi connectivity index (χ4n) is 3.24. The summed E-state index contributed by atoms with van der Waals surface area (Å²) in [6.45, 7) is 4.33. The van der Waals surface area contributed by atoms with Crippen LogP contribution < -0.4 is 5.56 Å². The third-order valence-corrected chi connectivity index (χ3v) is 6.96. The molecule has 2 atom stereocenters. The van der Waals surface area contributed by atoms with Crippen LogP contribution in [0.4, 0.5) is 0 Å². The van der Waals surface area contributed by atoms with Crippen LogP contribution in [-0.4, -0.2) is 19.5 Å². The molecule has 0 spiro atoms. The minimum atomic E-state index is 0.00865. The van der Waals surface area contributed by atoms with Gasteiger partial charge < -0.3 is 9.55 Å². The first kappa shape index (κ1) is 15.9. The molecule has 1 aliphatic rings. The Labute approximate surface area is 148 Å². The molecule has 0 fully saturated rings. The zero-order valence-electron chi connectivity index (χ0n) is 14.0. The summed E-state index contributed by atoms with van der Waals surface area (Å²) in [5.74, 6) is 1.43. The molecule has 0 aromatic carbocycles. The number of rotatable bonds is 3. The Hall–Kier alpha value is -1.60. The highest BCUT2D eigenvalue weighted by atomic mass is 32.2. The number of aryl methyl sites for hydroxylation is 2. The molecule has 24 heavy (non-hydrogen) atoms. The monoisotopic (exact) mass is 360 g/mol. The van der Waals surface area contributed by atoms with Crippen molar-refractivity contribution < 1.29 is 0 Å². The van der Waals surface area contributed by atoms with E-state index in [2.05, 4.69) is 23.8 Å². The van der Waals surface area contributed by atoms with E-state index in [9.17, 15) is 4.79 Å².